The van der Waals surface area contributed by atoms with Crippen molar-refractivity contribution in [1.82, 2.24) is 10.2 Å². The molecule has 0 aromatic heterocycles. The Morgan fingerprint density at radius 3 is 2.55 bits per heavy atom. The van der Waals surface area contributed by atoms with Gasteiger partial charge in [0.15, 0.2) is 0 Å². The minimum Gasteiger partial charge on any atom is -0.489 e. The lowest BCUT2D eigenvalue weighted by Crippen LogP contribution is -2.43. The van der Waals surface area contributed by atoms with Crippen LogP contribution >= 0.6 is 0 Å². The number of aliphatic carboxylic acids is 1. The lowest BCUT2D eigenvalue weighted by atomic mass is 10.2. The molecule has 2 unspecified atom stereocenters. The molecule has 122 valence electrons. The van der Waals surface area contributed by atoms with Crippen molar-refractivity contribution in [2.45, 2.75) is 26.9 Å². The second-order valence-corrected chi connectivity index (χ2v) is 5.50. The van der Waals surface area contributed by atoms with E-state index >= 15 is 0 Å². The molecule has 6 nitrogen and oxygen atoms in total. The third kappa shape index (κ3) is 5.63. The third-order valence-electron chi connectivity index (χ3n) is 3.28. The van der Waals surface area contributed by atoms with Crippen LogP contribution in [-0.4, -0.2) is 48.2 Å². The van der Waals surface area contributed by atoms with Gasteiger partial charge in [-0.3, -0.25) is 4.79 Å². The lowest BCUT2D eigenvalue weighted by molar-refractivity contribution is -0.141. The van der Waals surface area contributed by atoms with Crippen molar-refractivity contribution in [3.63, 3.8) is 0 Å². The summed E-state index contributed by atoms with van der Waals surface area (Å²) in [6.07, 6.45) is -0.185. The fourth-order valence-corrected chi connectivity index (χ4v) is 1.88. The van der Waals surface area contributed by atoms with E-state index in [-0.39, 0.29) is 18.7 Å². The summed E-state index contributed by atoms with van der Waals surface area (Å²) in [5, 5.41) is 11.6. The van der Waals surface area contributed by atoms with Crippen LogP contribution in [0.1, 0.15) is 19.4 Å². The minimum absolute atomic E-state index is 0.161. The van der Waals surface area contributed by atoms with E-state index in [1.807, 2.05) is 38.1 Å². The number of hydrogen-bond donors (Lipinski definition) is 2. The highest BCUT2D eigenvalue weighted by molar-refractivity contribution is 5.75. The molecule has 1 aromatic carbocycles. The first kappa shape index (κ1) is 17.8. The van der Waals surface area contributed by atoms with Gasteiger partial charge in [0.05, 0.1) is 12.5 Å². The number of nitrogens with zero attached hydrogens (tertiary/aromatic N) is 1. The molecule has 0 heterocycles. The van der Waals surface area contributed by atoms with E-state index in [1.165, 1.54) is 4.90 Å². The minimum atomic E-state index is -0.920. The maximum Gasteiger partial charge on any atom is 0.317 e. The van der Waals surface area contributed by atoms with Crippen molar-refractivity contribution in [3.8, 4) is 5.75 Å². The highest BCUT2D eigenvalue weighted by Gasteiger charge is 2.17. The van der Waals surface area contributed by atoms with E-state index < -0.39 is 11.9 Å². The van der Waals surface area contributed by atoms with Crippen molar-refractivity contribution in [2.75, 3.05) is 20.1 Å². The van der Waals surface area contributed by atoms with E-state index in [4.69, 9.17) is 9.84 Å². The van der Waals surface area contributed by atoms with Gasteiger partial charge in [0.1, 0.15) is 11.9 Å². The summed E-state index contributed by atoms with van der Waals surface area (Å²) in [6, 6.07) is 7.37. The molecule has 0 aliphatic carbocycles. The van der Waals surface area contributed by atoms with Crippen LogP contribution in [0.15, 0.2) is 24.3 Å². The zero-order valence-electron chi connectivity index (χ0n) is 13.5. The van der Waals surface area contributed by atoms with Gasteiger partial charge in [-0.15, -0.1) is 0 Å². The molecular formula is C16H24N2O4. The summed E-state index contributed by atoms with van der Waals surface area (Å²) in [5.41, 5.74) is 1.04. The smallest absolute Gasteiger partial charge is 0.317 e. The fourth-order valence-electron chi connectivity index (χ4n) is 1.88. The van der Waals surface area contributed by atoms with Crippen molar-refractivity contribution >= 4 is 12.0 Å². The Balaban J connectivity index is 2.40. The first-order chi connectivity index (χ1) is 10.3. The predicted molar refractivity (Wildman–Crippen MR) is 84.1 cm³/mol. The molecule has 0 radical (unpaired) electrons. The van der Waals surface area contributed by atoms with Crippen molar-refractivity contribution < 1.29 is 19.4 Å². The van der Waals surface area contributed by atoms with Crippen LogP contribution < -0.4 is 10.1 Å². The predicted octanol–water partition coefficient (Wildman–Crippen LogP) is 2.12. The summed E-state index contributed by atoms with van der Waals surface area (Å²) in [7, 11) is 1.57. The number of carboxylic acid groups (broad SMARTS) is 1. The molecular weight excluding hydrogens is 284 g/mol. The van der Waals surface area contributed by atoms with E-state index in [1.54, 1.807) is 14.0 Å². The number of ether oxygens (including phenoxy) is 1. The second kappa shape index (κ2) is 8.26. The van der Waals surface area contributed by atoms with Gasteiger partial charge < -0.3 is 20.1 Å². The Kier molecular flexibility index (Phi) is 6.69. The molecule has 1 rings (SSSR count). The molecule has 2 atom stereocenters. The molecule has 0 aliphatic heterocycles. The van der Waals surface area contributed by atoms with Crippen molar-refractivity contribution in [1.29, 1.82) is 0 Å². The SMILES string of the molecule is Cc1ccccc1OC(C)CNC(=O)N(C)CC(C)C(=O)O. The average Bonchev–Trinajstić information content (AvgIpc) is 2.46. The Morgan fingerprint density at radius 1 is 1.32 bits per heavy atom. The molecule has 0 fully saturated rings. The second-order valence-electron chi connectivity index (χ2n) is 5.50. The van der Waals surface area contributed by atoms with Gasteiger partial charge in [0.25, 0.3) is 0 Å². The van der Waals surface area contributed by atoms with Crippen LogP contribution in [0.3, 0.4) is 0 Å². The molecule has 22 heavy (non-hydrogen) atoms. The standard InChI is InChI=1S/C16H24N2O4/c1-11-7-5-6-8-14(11)22-13(3)9-17-16(21)18(4)10-12(2)15(19)20/h5-8,12-13H,9-10H2,1-4H3,(H,17,21)(H,19,20). The average molecular weight is 308 g/mol. The number of hydrogen-bond acceptors (Lipinski definition) is 3. The van der Waals surface area contributed by atoms with E-state index in [0.717, 1.165) is 11.3 Å². The summed E-state index contributed by atoms with van der Waals surface area (Å²) < 4.78 is 5.77. The van der Waals surface area contributed by atoms with Crippen molar-refractivity contribution in [3.05, 3.63) is 29.8 Å². The van der Waals surface area contributed by atoms with Crippen LogP contribution in [0.2, 0.25) is 0 Å². The van der Waals surface area contributed by atoms with E-state index in [2.05, 4.69) is 5.32 Å². The number of para-hydroxylation sites is 1. The van der Waals surface area contributed by atoms with Crippen LogP contribution in [0.5, 0.6) is 5.75 Å². The number of benzene rings is 1. The van der Waals surface area contributed by atoms with E-state index in [9.17, 15) is 9.59 Å². The van der Waals surface area contributed by atoms with Crippen molar-refractivity contribution in [2.24, 2.45) is 5.92 Å². The van der Waals surface area contributed by atoms with Crippen LogP contribution in [-0.2, 0) is 4.79 Å². The highest BCUT2D eigenvalue weighted by Crippen LogP contribution is 2.17. The summed E-state index contributed by atoms with van der Waals surface area (Å²) in [6.45, 7) is 5.90. The monoisotopic (exact) mass is 308 g/mol. The highest BCUT2D eigenvalue weighted by atomic mass is 16.5. The topological polar surface area (TPSA) is 78.9 Å². The van der Waals surface area contributed by atoms with E-state index in [0.29, 0.717) is 6.54 Å². The van der Waals surface area contributed by atoms with Gasteiger partial charge in [0, 0.05) is 13.6 Å². The number of carbonyl (C=O) groups excluding carboxylic acids is 1. The summed E-state index contributed by atoms with van der Waals surface area (Å²) in [4.78, 5) is 24.0. The molecule has 0 saturated heterocycles. The third-order valence-corrected chi connectivity index (χ3v) is 3.28. The number of aryl methyl sites for hydroxylation is 1. The first-order valence-corrected chi connectivity index (χ1v) is 7.25. The first-order valence-electron chi connectivity index (χ1n) is 7.25. The summed E-state index contributed by atoms with van der Waals surface area (Å²) >= 11 is 0. The zero-order valence-corrected chi connectivity index (χ0v) is 13.5. The quantitative estimate of drug-likeness (QED) is 0.809. The number of amides is 2. The number of urea groups is 1. The maximum atomic E-state index is 11.9. The van der Waals surface area contributed by atoms with Gasteiger partial charge in [0.2, 0.25) is 0 Å². The van der Waals surface area contributed by atoms with Gasteiger partial charge in [-0.2, -0.15) is 0 Å². The molecule has 2 N–H and O–H groups in total. The van der Waals surface area contributed by atoms with Gasteiger partial charge in [-0.25, -0.2) is 4.79 Å². The number of nitrogens with one attached hydrogen (secondary N) is 1. The zero-order chi connectivity index (χ0) is 16.7. The van der Waals surface area contributed by atoms with Gasteiger partial charge >= 0.3 is 12.0 Å². The summed E-state index contributed by atoms with van der Waals surface area (Å²) in [5.74, 6) is -0.732. The normalized spacial score (nSPS) is 13.1. The molecule has 6 heteroatoms. The van der Waals surface area contributed by atoms with Gasteiger partial charge in [-0.05, 0) is 25.5 Å². The molecule has 2 amide bonds. The molecule has 1 aromatic rings. The Hall–Kier alpha value is -2.24. The number of carboxylic acids is 1. The number of rotatable bonds is 7. The van der Waals surface area contributed by atoms with Crippen LogP contribution in [0, 0.1) is 12.8 Å². The molecule has 0 bridgehead atoms. The van der Waals surface area contributed by atoms with Gasteiger partial charge in [-0.1, -0.05) is 25.1 Å². The number of carbonyl (C=O) groups is 2. The molecule has 0 aliphatic rings. The fraction of sp³-hybridized carbons (Fsp3) is 0.500. The Bertz CT molecular complexity index is 519. The molecule has 0 spiro atoms. The Morgan fingerprint density at radius 2 is 1.95 bits per heavy atom. The maximum absolute atomic E-state index is 11.9. The largest absolute Gasteiger partial charge is 0.489 e. The molecule has 0 saturated carbocycles. The van der Waals surface area contributed by atoms with Crippen LogP contribution in [0.25, 0.3) is 0 Å². The lowest BCUT2D eigenvalue weighted by Gasteiger charge is -2.22. The Labute approximate surface area is 131 Å². The van der Waals surface area contributed by atoms with Crippen LogP contribution in [0.4, 0.5) is 4.79 Å².